The van der Waals surface area contributed by atoms with Crippen LogP contribution in [0.4, 0.5) is 5.69 Å². The fraction of sp³-hybridized carbons (Fsp3) is 0.520. The Morgan fingerprint density at radius 3 is 2.32 bits per heavy atom. The molecule has 170 valence electrons. The second kappa shape index (κ2) is 9.61. The van der Waals surface area contributed by atoms with Crippen LogP contribution in [0.15, 0.2) is 47.4 Å². The molecule has 0 saturated heterocycles. The van der Waals surface area contributed by atoms with Crippen molar-refractivity contribution in [3.8, 4) is 5.75 Å². The molecule has 0 amide bonds. The summed E-state index contributed by atoms with van der Waals surface area (Å²) in [7, 11) is -1.81. The molecule has 1 aliphatic rings. The van der Waals surface area contributed by atoms with Gasteiger partial charge >= 0.3 is 0 Å². The van der Waals surface area contributed by atoms with Crippen molar-refractivity contribution < 1.29 is 18.6 Å². The number of phenols is 1. The molecule has 0 fully saturated rings. The minimum atomic E-state index is -3.61. The number of hydrogen-bond donors (Lipinski definition) is 3. The highest BCUT2D eigenvalue weighted by Crippen LogP contribution is 2.50. The van der Waals surface area contributed by atoms with Crippen LogP contribution >= 0.6 is 0 Å². The molecule has 31 heavy (non-hydrogen) atoms. The zero-order valence-electron chi connectivity index (χ0n) is 18.8. The minimum Gasteiger partial charge on any atom is -0.508 e. The number of aliphatic hydroxyl groups is 1. The van der Waals surface area contributed by atoms with Gasteiger partial charge in [-0.2, -0.15) is 0 Å². The number of unbranched alkanes of at least 4 members (excludes halogenated alkanes) is 2. The number of nitrogens with one attached hydrogen (secondary N) is 1. The lowest BCUT2D eigenvalue weighted by atomic mass is 9.68. The van der Waals surface area contributed by atoms with Gasteiger partial charge in [0, 0.05) is 24.1 Å². The van der Waals surface area contributed by atoms with Crippen LogP contribution in [0.2, 0.25) is 0 Å². The number of phenolic OH excluding ortho intramolecular Hbond substituents is 1. The molecular formula is C25H35NO4S. The van der Waals surface area contributed by atoms with Gasteiger partial charge in [-0.15, -0.1) is 0 Å². The second-order valence-corrected chi connectivity index (χ2v) is 10.8. The zero-order valence-corrected chi connectivity index (χ0v) is 19.6. The Morgan fingerprint density at radius 1 is 1.06 bits per heavy atom. The molecule has 0 saturated carbocycles. The van der Waals surface area contributed by atoms with Crippen molar-refractivity contribution >= 4 is 15.5 Å². The largest absolute Gasteiger partial charge is 0.508 e. The van der Waals surface area contributed by atoms with Crippen LogP contribution in [0, 0.1) is 5.41 Å². The monoisotopic (exact) mass is 445 g/mol. The standard InChI is InChI=1S/C25H35NO4S/c1-4-6-13-25(14-7-5-2)17-31(29,30)22-12-11-19(26-3)16-21(22)23(24(25)28)18-9-8-10-20(27)15-18/h8-12,15-16,23-24,26-28H,4-7,13-14,17H2,1-3H3/t23-,24-/m1/s1. The summed E-state index contributed by atoms with van der Waals surface area (Å²) in [5, 5.41) is 25.2. The van der Waals surface area contributed by atoms with E-state index in [9.17, 15) is 18.6 Å². The first-order chi connectivity index (χ1) is 14.8. The Hall–Kier alpha value is -2.05. The quantitative estimate of drug-likeness (QED) is 0.527. The highest BCUT2D eigenvalue weighted by molar-refractivity contribution is 7.91. The first-order valence-electron chi connectivity index (χ1n) is 11.3. The lowest BCUT2D eigenvalue weighted by Gasteiger charge is -2.40. The van der Waals surface area contributed by atoms with Gasteiger partial charge in [0.05, 0.1) is 16.8 Å². The number of fused-ring (bicyclic) bond motifs is 1. The van der Waals surface area contributed by atoms with E-state index in [0.717, 1.165) is 36.9 Å². The number of aliphatic hydroxyl groups excluding tert-OH is 1. The Balaban J connectivity index is 2.29. The molecule has 0 radical (unpaired) electrons. The average Bonchev–Trinajstić information content (AvgIpc) is 2.82. The van der Waals surface area contributed by atoms with Crippen LogP contribution < -0.4 is 5.32 Å². The topological polar surface area (TPSA) is 86.6 Å². The van der Waals surface area contributed by atoms with Gasteiger partial charge in [-0.1, -0.05) is 51.7 Å². The van der Waals surface area contributed by atoms with Gasteiger partial charge in [0.25, 0.3) is 0 Å². The van der Waals surface area contributed by atoms with Gasteiger partial charge in [-0.25, -0.2) is 8.42 Å². The summed E-state index contributed by atoms with van der Waals surface area (Å²) >= 11 is 0. The van der Waals surface area contributed by atoms with Crippen LogP contribution in [0.5, 0.6) is 5.75 Å². The predicted molar refractivity (Wildman–Crippen MR) is 125 cm³/mol. The summed E-state index contributed by atoms with van der Waals surface area (Å²) in [6.07, 6.45) is 4.04. The Morgan fingerprint density at radius 2 is 1.74 bits per heavy atom. The van der Waals surface area contributed by atoms with Crippen LogP contribution in [0.3, 0.4) is 0 Å². The molecule has 0 bridgehead atoms. The SMILES string of the molecule is CCCCC1(CCCC)CS(=O)(=O)c2ccc(NC)cc2[C@@H](c2cccc(O)c2)[C@H]1O. The van der Waals surface area contributed by atoms with Crippen molar-refractivity contribution in [2.45, 2.75) is 69.3 Å². The van der Waals surface area contributed by atoms with Gasteiger partial charge < -0.3 is 15.5 Å². The Kier molecular flexibility index (Phi) is 7.32. The van der Waals surface area contributed by atoms with E-state index in [0.29, 0.717) is 18.4 Å². The van der Waals surface area contributed by atoms with E-state index < -0.39 is 27.3 Å². The van der Waals surface area contributed by atoms with Crippen LogP contribution in [-0.4, -0.2) is 37.5 Å². The first kappa shape index (κ1) is 23.6. The molecule has 0 spiro atoms. The molecule has 1 heterocycles. The normalized spacial score (nSPS) is 21.8. The molecule has 3 N–H and O–H groups in total. The molecular weight excluding hydrogens is 410 g/mol. The van der Waals surface area contributed by atoms with Crippen LogP contribution in [-0.2, 0) is 9.84 Å². The van der Waals surface area contributed by atoms with Crippen molar-refractivity contribution in [1.29, 1.82) is 0 Å². The highest BCUT2D eigenvalue weighted by atomic mass is 32.2. The van der Waals surface area contributed by atoms with Gasteiger partial charge in [-0.3, -0.25) is 0 Å². The maximum Gasteiger partial charge on any atom is 0.179 e. The van der Waals surface area contributed by atoms with E-state index in [-0.39, 0.29) is 16.4 Å². The number of aromatic hydroxyl groups is 1. The third-order valence-electron chi connectivity index (χ3n) is 6.67. The Bertz CT molecular complexity index is 994. The van der Waals surface area contributed by atoms with Crippen LogP contribution in [0.25, 0.3) is 0 Å². The second-order valence-electron chi connectivity index (χ2n) is 8.85. The summed E-state index contributed by atoms with van der Waals surface area (Å²) in [5.74, 6) is -0.486. The smallest absolute Gasteiger partial charge is 0.179 e. The number of hydrogen-bond acceptors (Lipinski definition) is 5. The molecule has 5 nitrogen and oxygen atoms in total. The predicted octanol–water partition coefficient (Wildman–Crippen LogP) is 5.08. The lowest BCUT2D eigenvalue weighted by molar-refractivity contribution is 0.0127. The van der Waals surface area contributed by atoms with E-state index in [1.165, 1.54) is 0 Å². The van der Waals surface area contributed by atoms with Gasteiger partial charge in [0.15, 0.2) is 9.84 Å². The highest BCUT2D eigenvalue weighted by Gasteiger charge is 2.49. The van der Waals surface area contributed by atoms with E-state index in [2.05, 4.69) is 19.2 Å². The van der Waals surface area contributed by atoms with Gasteiger partial charge in [0.2, 0.25) is 0 Å². The summed E-state index contributed by atoms with van der Waals surface area (Å²) in [6.45, 7) is 4.18. The molecule has 2 aromatic rings. The lowest BCUT2D eigenvalue weighted by Crippen LogP contribution is -2.43. The maximum atomic E-state index is 13.6. The first-order valence-corrected chi connectivity index (χ1v) is 12.9. The van der Waals surface area contributed by atoms with Gasteiger partial charge in [-0.05, 0) is 54.3 Å². The molecule has 0 aliphatic carbocycles. The average molecular weight is 446 g/mol. The van der Waals surface area contributed by atoms with E-state index in [1.807, 2.05) is 12.1 Å². The molecule has 2 aromatic carbocycles. The molecule has 2 atom stereocenters. The summed E-state index contributed by atoms with van der Waals surface area (Å²) in [4.78, 5) is 0.286. The Labute approximate surface area is 186 Å². The number of anilines is 1. The van der Waals surface area contributed by atoms with E-state index >= 15 is 0 Å². The molecule has 1 aliphatic heterocycles. The third-order valence-corrected chi connectivity index (χ3v) is 8.67. The molecule has 6 heteroatoms. The van der Waals surface area contributed by atoms with Crippen molar-refractivity contribution in [2.24, 2.45) is 5.41 Å². The minimum absolute atomic E-state index is 0.0532. The van der Waals surface area contributed by atoms with Crippen LogP contribution in [0.1, 0.15) is 69.4 Å². The fourth-order valence-corrected chi connectivity index (χ4v) is 7.19. The van der Waals surface area contributed by atoms with Crippen molar-refractivity contribution in [3.05, 3.63) is 53.6 Å². The summed E-state index contributed by atoms with van der Waals surface area (Å²) in [6, 6.07) is 12.1. The molecule has 0 unspecified atom stereocenters. The number of sulfone groups is 1. The molecule has 3 rings (SSSR count). The zero-order chi connectivity index (χ0) is 22.6. The molecule has 0 aromatic heterocycles. The maximum absolute atomic E-state index is 13.6. The van der Waals surface area contributed by atoms with E-state index in [4.69, 9.17) is 0 Å². The van der Waals surface area contributed by atoms with Gasteiger partial charge in [0.1, 0.15) is 5.75 Å². The van der Waals surface area contributed by atoms with Crippen molar-refractivity contribution in [2.75, 3.05) is 18.1 Å². The summed E-state index contributed by atoms with van der Waals surface area (Å²) < 4.78 is 27.3. The van der Waals surface area contributed by atoms with Crippen molar-refractivity contribution in [1.82, 2.24) is 0 Å². The third kappa shape index (κ3) is 4.75. The van der Waals surface area contributed by atoms with E-state index in [1.54, 1.807) is 37.4 Å². The van der Waals surface area contributed by atoms with Crippen molar-refractivity contribution in [3.63, 3.8) is 0 Å². The number of benzene rings is 2. The summed E-state index contributed by atoms with van der Waals surface area (Å²) in [5.41, 5.74) is 1.39. The number of rotatable bonds is 8. The fourth-order valence-electron chi connectivity index (χ4n) is 5.00.